The van der Waals surface area contributed by atoms with Gasteiger partial charge in [0, 0.05) is 18.2 Å². The highest BCUT2D eigenvalue weighted by Crippen LogP contribution is 2.17. The van der Waals surface area contributed by atoms with Crippen LogP contribution in [-0.2, 0) is 14.3 Å². The Labute approximate surface area is 156 Å². The van der Waals surface area contributed by atoms with E-state index in [2.05, 4.69) is 10.6 Å². The average molecular weight is 368 g/mol. The zero-order chi connectivity index (χ0) is 20.0. The van der Waals surface area contributed by atoms with Gasteiger partial charge in [-0.25, -0.2) is 4.79 Å². The summed E-state index contributed by atoms with van der Waals surface area (Å²) in [5, 5.41) is 5.18. The molecule has 0 aliphatic carbocycles. The number of benzene rings is 2. The maximum atomic E-state index is 12.3. The summed E-state index contributed by atoms with van der Waals surface area (Å²) in [7, 11) is 0. The van der Waals surface area contributed by atoms with Crippen molar-refractivity contribution in [3.8, 4) is 0 Å². The van der Waals surface area contributed by atoms with E-state index < -0.39 is 18.0 Å². The molecule has 2 N–H and O–H groups in total. The number of Topliss-reactive ketones (excluding diaryl/α,β-unsaturated/α-hetero) is 1. The highest BCUT2D eigenvalue weighted by Gasteiger charge is 2.20. The molecule has 7 nitrogen and oxygen atoms in total. The number of ketones is 1. The third kappa shape index (κ3) is 5.50. The highest BCUT2D eigenvalue weighted by molar-refractivity contribution is 6.05. The lowest BCUT2D eigenvalue weighted by Crippen LogP contribution is -2.30. The summed E-state index contributed by atoms with van der Waals surface area (Å²) in [6.45, 7) is 4.22. The first-order chi connectivity index (χ1) is 12.8. The maximum Gasteiger partial charge on any atom is 0.338 e. The highest BCUT2D eigenvalue weighted by atomic mass is 16.5. The number of rotatable bonds is 6. The minimum atomic E-state index is -1.06. The van der Waals surface area contributed by atoms with Crippen LogP contribution >= 0.6 is 0 Å². The first-order valence-corrected chi connectivity index (χ1v) is 8.27. The summed E-state index contributed by atoms with van der Waals surface area (Å²) in [6.07, 6.45) is -1.06. The Balaban J connectivity index is 2.00. The number of carbonyl (C=O) groups is 4. The van der Waals surface area contributed by atoms with Crippen LogP contribution < -0.4 is 10.6 Å². The molecule has 0 fully saturated rings. The van der Waals surface area contributed by atoms with Crippen LogP contribution in [-0.4, -0.2) is 29.7 Å². The zero-order valence-corrected chi connectivity index (χ0v) is 15.2. The molecule has 7 heteroatoms. The van der Waals surface area contributed by atoms with E-state index in [9.17, 15) is 19.2 Å². The molecule has 0 saturated carbocycles. The minimum Gasteiger partial charge on any atom is -0.449 e. The Bertz CT molecular complexity index is 874. The van der Waals surface area contributed by atoms with Gasteiger partial charge >= 0.3 is 5.97 Å². The van der Waals surface area contributed by atoms with E-state index in [4.69, 9.17) is 4.74 Å². The van der Waals surface area contributed by atoms with Gasteiger partial charge in [0.05, 0.1) is 11.3 Å². The second-order valence-corrected chi connectivity index (χ2v) is 5.90. The van der Waals surface area contributed by atoms with E-state index in [1.54, 1.807) is 36.4 Å². The van der Waals surface area contributed by atoms with Gasteiger partial charge in [0.1, 0.15) is 0 Å². The van der Waals surface area contributed by atoms with Crippen molar-refractivity contribution >= 4 is 34.9 Å². The molecule has 0 unspecified atom stereocenters. The van der Waals surface area contributed by atoms with Crippen LogP contribution in [0.2, 0.25) is 0 Å². The van der Waals surface area contributed by atoms with E-state index in [0.29, 0.717) is 16.9 Å². The molecule has 140 valence electrons. The smallest absolute Gasteiger partial charge is 0.338 e. The molecule has 2 amide bonds. The van der Waals surface area contributed by atoms with Crippen molar-refractivity contribution in [3.63, 3.8) is 0 Å². The third-order valence-electron chi connectivity index (χ3n) is 3.66. The van der Waals surface area contributed by atoms with Crippen LogP contribution in [0.4, 0.5) is 11.4 Å². The fourth-order valence-electron chi connectivity index (χ4n) is 2.31. The quantitative estimate of drug-likeness (QED) is 0.603. The normalized spacial score (nSPS) is 11.2. The predicted molar refractivity (Wildman–Crippen MR) is 101 cm³/mol. The van der Waals surface area contributed by atoms with Gasteiger partial charge in [-0.1, -0.05) is 12.1 Å². The summed E-state index contributed by atoms with van der Waals surface area (Å²) < 4.78 is 5.17. The summed E-state index contributed by atoms with van der Waals surface area (Å²) >= 11 is 0. The lowest BCUT2D eigenvalue weighted by atomic mass is 10.1. The summed E-state index contributed by atoms with van der Waals surface area (Å²) in [5.41, 5.74) is 1.52. The lowest BCUT2D eigenvalue weighted by molar-refractivity contribution is -0.123. The fraction of sp³-hybridized carbons (Fsp3) is 0.200. The van der Waals surface area contributed by atoms with Crippen LogP contribution in [0.25, 0.3) is 0 Å². The van der Waals surface area contributed by atoms with Crippen molar-refractivity contribution < 1.29 is 23.9 Å². The molecule has 1 atom stereocenters. The van der Waals surface area contributed by atoms with E-state index in [-0.39, 0.29) is 17.3 Å². The second-order valence-electron chi connectivity index (χ2n) is 5.90. The van der Waals surface area contributed by atoms with Gasteiger partial charge in [-0.05, 0) is 50.2 Å². The molecule has 0 heterocycles. The van der Waals surface area contributed by atoms with Crippen molar-refractivity contribution in [1.82, 2.24) is 0 Å². The number of amides is 2. The van der Waals surface area contributed by atoms with Crippen molar-refractivity contribution in [2.75, 3.05) is 10.6 Å². The molecule has 0 aliphatic rings. The van der Waals surface area contributed by atoms with Gasteiger partial charge in [0.2, 0.25) is 5.91 Å². The molecule has 0 aliphatic heterocycles. The zero-order valence-electron chi connectivity index (χ0n) is 15.2. The van der Waals surface area contributed by atoms with Gasteiger partial charge in [-0.2, -0.15) is 0 Å². The Kier molecular flexibility index (Phi) is 6.43. The number of para-hydroxylation sites is 1. The number of esters is 1. The van der Waals surface area contributed by atoms with Crippen molar-refractivity contribution in [2.45, 2.75) is 26.9 Å². The molecule has 0 saturated heterocycles. The van der Waals surface area contributed by atoms with Crippen LogP contribution in [0.15, 0.2) is 48.5 Å². The SMILES string of the molecule is CC(=O)Nc1ccc(C(=O)O[C@@H](C)C(=O)Nc2ccccc2C(C)=O)cc1. The van der Waals surface area contributed by atoms with Crippen LogP contribution in [0.1, 0.15) is 41.5 Å². The van der Waals surface area contributed by atoms with Gasteiger partial charge < -0.3 is 15.4 Å². The van der Waals surface area contributed by atoms with Crippen molar-refractivity contribution in [2.24, 2.45) is 0 Å². The van der Waals surface area contributed by atoms with Crippen molar-refractivity contribution in [1.29, 1.82) is 0 Å². The third-order valence-corrected chi connectivity index (χ3v) is 3.66. The van der Waals surface area contributed by atoms with E-state index in [0.717, 1.165) is 0 Å². The van der Waals surface area contributed by atoms with Crippen molar-refractivity contribution in [3.05, 3.63) is 59.7 Å². The number of anilines is 2. The summed E-state index contributed by atoms with van der Waals surface area (Å²) in [4.78, 5) is 47.1. The van der Waals surface area contributed by atoms with Crippen LogP contribution in [0.3, 0.4) is 0 Å². The molecule has 2 aromatic carbocycles. The van der Waals surface area contributed by atoms with Crippen LogP contribution in [0, 0.1) is 0 Å². The Morgan fingerprint density at radius 2 is 1.52 bits per heavy atom. The number of ether oxygens (including phenoxy) is 1. The van der Waals surface area contributed by atoms with Gasteiger partial charge in [-0.3, -0.25) is 14.4 Å². The molecule has 27 heavy (non-hydrogen) atoms. The van der Waals surface area contributed by atoms with Gasteiger partial charge in [0.25, 0.3) is 5.91 Å². The molecular weight excluding hydrogens is 348 g/mol. The molecular formula is C20H20N2O5. The number of hydrogen-bond donors (Lipinski definition) is 2. The minimum absolute atomic E-state index is 0.185. The predicted octanol–water partition coefficient (Wildman–Crippen LogP) is 3.03. The van der Waals surface area contributed by atoms with E-state index >= 15 is 0 Å². The average Bonchev–Trinajstić information content (AvgIpc) is 2.61. The topological polar surface area (TPSA) is 102 Å². The maximum absolute atomic E-state index is 12.3. The molecule has 0 radical (unpaired) electrons. The molecule has 0 spiro atoms. The molecule has 2 rings (SSSR count). The first-order valence-electron chi connectivity index (χ1n) is 8.27. The molecule has 0 aromatic heterocycles. The van der Waals surface area contributed by atoms with Gasteiger partial charge in [-0.15, -0.1) is 0 Å². The Hall–Kier alpha value is -3.48. The Morgan fingerprint density at radius 1 is 0.889 bits per heavy atom. The van der Waals surface area contributed by atoms with E-state index in [1.807, 2.05) is 0 Å². The number of nitrogens with one attached hydrogen (secondary N) is 2. The van der Waals surface area contributed by atoms with Gasteiger partial charge in [0.15, 0.2) is 11.9 Å². The lowest BCUT2D eigenvalue weighted by Gasteiger charge is -2.15. The number of carbonyl (C=O) groups excluding carboxylic acids is 4. The molecule has 0 bridgehead atoms. The standard InChI is InChI=1S/C20H20N2O5/c1-12(23)17-6-4-5-7-18(17)22-19(25)13(2)27-20(26)15-8-10-16(11-9-15)21-14(3)24/h4-11,13H,1-3H3,(H,21,24)(H,22,25)/t13-/m0/s1. The van der Waals surface area contributed by atoms with Crippen LogP contribution in [0.5, 0.6) is 0 Å². The number of hydrogen-bond acceptors (Lipinski definition) is 5. The fourth-order valence-corrected chi connectivity index (χ4v) is 2.31. The summed E-state index contributed by atoms with van der Waals surface area (Å²) in [5.74, 6) is -1.63. The molecule has 2 aromatic rings. The second kappa shape index (κ2) is 8.75. The summed E-state index contributed by atoms with van der Waals surface area (Å²) in [6, 6.07) is 12.7. The monoisotopic (exact) mass is 368 g/mol. The van der Waals surface area contributed by atoms with E-state index in [1.165, 1.54) is 32.9 Å². The Morgan fingerprint density at radius 3 is 2.11 bits per heavy atom. The largest absolute Gasteiger partial charge is 0.449 e. The first kappa shape index (κ1) is 19.8.